The van der Waals surface area contributed by atoms with Gasteiger partial charge in [-0.1, -0.05) is 44.0 Å². The van der Waals surface area contributed by atoms with E-state index < -0.39 is 50.5 Å². The summed E-state index contributed by atoms with van der Waals surface area (Å²) >= 11 is 0. The van der Waals surface area contributed by atoms with Gasteiger partial charge in [-0.25, -0.2) is 12.8 Å². The maximum atomic E-state index is 13.8. The highest BCUT2D eigenvalue weighted by molar-refractivity contribution is 7.92. The SMILES string of the molecule is CCCOC(c1ccc(C2(S(=O)(=O)c3ccc(F)cc3)CCCC2)cc1)(C(F)(F)F)C(F)(F)F. The minimum absolute atomic E-state index is 0.0758. The predicted molar refractivity (Wildman–Crippen MR) is 110 cm³/mol. The molecule has 0 unspecified atom stereocenters. The quantitative estimate of drug-likeness (QED) is 0.302. The van der Waals surface area contributed by atoms with Gasteiger partial charge < -0.3 is 4.74 Å². The summed E-state index contributed by atoms with van der Waals surface area (Å²) in [6.45, 7) is 0.592. The molecule has 0 N–H and O–H groups in total. The number of benzene rings is 2. The van der Waals surface area contributed by atoms with Crippen LogP contribution in [0.2, 0.25) is 0 Å². The van der Waals surface area contributed by atoms with Crippen LogP contribution in [-0.2, 0) is 24.9 Å². The molecule has 1 fully saturated rings. The van der Waals surface area contributed by atoms with Crippen LogP contribution >= 0.6 is 0 Å². The number of rotatable bonds is 7. The molecular formula is C23H23F7O3S. The van der Waals surface area contributed by atoms with Crippen molar-refractivity contribution in [2.24, 2.45) is 0 Å². The molecule has 0 atom stereocenters. The first-order valence-electron chi connectivity index (χ1n) is 10.6. The first kappa shape index (κ1) is 26.5. The minimum Gasteiger partial charge on any atom is -0.354 e. The summed E-state index contributed by atoms with van der Waals surface area (Å²) in [6, 6.07) is 7.38. The maximum Gasteiger partial charge on any atom is 0.430 e. The normalized spacial score (nSPS) is 17.2. The molecule has 2 aromatic rings. The number of alkyl halides is 6. The zero-order valence-electron chi connectivity index (χ0n) is 18.1. The highest BCUT2D eigenvalue weighted by Gasteiger charge is 2.73. The fourth-order valence-corrected chi connectivity index (χ4v) is 6.71. The number of ether oxygens (including phenoxy) is 1. The Hall–Kier alpha value is -2.14. The highest BCUT2D eigenvalue weighted by atomic mass is 32.2. The Labute approximate surface area is 192 Å². The average Bonchev–Trinajstić information content (AvgIpc) is 3.25. The van der Waals surface area contributed by atoms with E-state index in [-0.39, 0.29) is 29.7 Å². The first-order valence-corrected chi connectivity index (χ1v) is 12.1. The molecule has 0 bridgehead atoms. The second-order valence-electron chi connectivity index (χ2n) is 8.26. The summed E-state index contributed by atoms with van der Waals surface area (Å²) in [5, 5.41) is 0. The summed E-state index contributed by atoms with van der Waals surface area (Å²) in [6.07, 6.45) is -10.5. The van der Waals surface area contributed by atoms with E-state index >= 15 is 0 Å². The van der Waals surface area contributed by atoms with Crippen molar-refractivity contribution in [1.29, 1.82) is 0 Å². The molecule has 3 rings (SSSR count). The number of halogens is 7. The van der Waals surface area contributed by atoms with Gasteiger partial charge in [0.1, 0.15) is 10.6 Å². The third-order valence-electron chi connectivity index (χ3n) is 6.19. The van der Waals surface area contributed by atoms with Gasteiger partial charge in [-0.3, -0.25) is 0 Å². The lowest BCUT2D eigenvalue weighted by Gasteiger charge is -2.38. The van der Waals surface area contributed by atoms with Crippen LogP contribution in [0.15, 0.2) is 53.4 Å². The third kappa shape index (κ3) is 4.21. The molecule has 0 aromatic heterocycles. The predicted octanol–water partition coefficient (Wildman–Crippen LogP) is 6.82. The standard InChI is InChI=1S/C23H23F7O3S/c1-2-15-33-21(22(25,26)27,23(28,29)30)17-7-5-16(6-8-17)20(13-3-4-14-20)34(31,32)19-11-9-18(24)10-12-19/h5-12H,2-4,13-15H2,1H3. The van der Waals surface area contributed by atoms with Gasteiger partial charge in [-0.2, -0.15) is 26.3 Å². The van der Waals surface area contributed by atoms with Crippen molar-refractivity contribution < 1.29 is 43.9 Å². The van der Waals surface area contributed by atoms with Crippen LogP contribution in [0.1, 0.15) is 50.2 Å². The van der Waals surface area contributed by atoms with E-state index in [1.165, 1.54) is 6.92 Å². The van der Waals surface area contributed by atoms with Crippen LogP contribution in [0.4, 0.5) is 30.7 Å². The molecule has 0 aliphatic heterocycles. The van der Waals surface area contributed by atoms with Crippen molar-refractivity contribution in [3.63, 3.8) is 0 Å². The maximum absolute atomic E-state index is 13.8. The molecule has 0 spiro atoms. The Kier molecular flexibility index (Phi) is 7.12. The Bertz CT molecular complexity index is 1070. The molecule has 1 aliphatic rings. The number of sulfone groups is 1. The largest absolute Gasteiger partial charge is 0.430 e. The van der Waals surface area contributed by atoms with Crippen molar-refractivity contribution in [2.45, 2.75) is 66.6 Å². The molecule has 0 amide bonds. The molecule has 1 aliphatic carbocycles. The molecule has 0 heterocycles. The number of hydrogen-bond acceptors (Lipinski definition) is 3. The Morgan fingerprint density at radius 3 is 1.79 bits per heavy atom. The van der Waals surface area contributed by atoms with E-state index in [4.69, 9.17) is 0 Å². The summed E-state index contributed by atoms with van der Waals surface area (Å²) in [5.74, 6) is -0.647. The highest BCUT2D eigenvalue weighted by Crippen LogP contribution is 2.54. The van der Waals surface area contributed by atoms with Gasteiger partial charge in [0.15, 0.2) is 9.84 Å². The summed E-state index contributed by atoms with van der Waals surface area (Å²) in [4.78, 5) is -0.175. The monoisotopic (exact) mass is 512 g/mol. The second-order valence-corrected chi connectivity index (χ2v) is 10.5. The third-order valence-corrected chi connectivity index (χ3v) is 8.75. The van der Waals surface area contributed by atoms with Crippen molar-refractivity contribution >= 4 is 9.84 Å². The van der Waals surface area contributed by atoms with Crippen molar-refractivity contribution in [3.8, 4) is 0 Å². The van der Waals surface area contributed by atoms with E-state index in [0.29, 0.717) is 25.0 Å². The van der Waals surface area contributed by atoms with E-state index in [1.54, 1.807) is 0 Å². The van der Waals surface area contributed by atoms with Gasteiger partial charge >= 0.3 is 12.4 Å². The second kappa shape index (κ2) is 9.14. The Morgan fingerprint density at radius 1 is 0.853 bits per heavy atom. The van der Waals surface area contributed by atoms with Crippen LogP contribution in [0, 0.1) is 5.82 Å². The lowest BCUT2D eigenvalue weighted by atomic mass is 9.88. The molecule has 3 nitrogen and oxygen atoms in total. The van der Waals surface area contributed by atoms with E-state index in [1.807, 2.05) is 0 Å². The molecule has 0 saturated heterocycles. The summed E-state index contributed by atoms with van der Waals surface area (Å²) < 4.78 is 126. The van der Waals surface area contributed by atoms with Crippen molar-refractivity contribution in [2.75, 3.05) is 6.61 Å². The van der Waals surface area contributed by atoms with Crippen LogP contribution in [0.3, 0.4) is 0 Å². The summed E-state index contributed by atoms with van der Waals surface area (Å²) in [7, 11) is -4.13. The van der Waals surface area contributed by atoms with E-state index in [2.05, 4.69) is 4.74 Å². The Balaban J connectivity index is 2.14. The Morgan fingerprint density at radius 2 is 1.35 bits per heavy atom. The summed E-state index contributed by atoms with van der Waals surface area (Å²) in [5.41, 5.74) is -5.66. The molecule has 1 saturated carbocycles. The lowest BCUT2D eigenvalue weighted by molar-refractivity contribution is -0.389. The molecule has 0 radical (unpaired) electrons. The lowest BCUT2D eigenvalue weighted by Crippen LogP contribution is -2.56. The van der Waals surface area contributed by atoms with E-state index in [9.17, 15) is 39.2 Å². The van der Waals surface area contributed by atoms with Crippen molar-refractivity contribution in [1.82, 2.24) is 0 Å². The topological polar surface area (TPSA) is 43.4 Å². The molecule has 2 aromatic carbocycles. The smallest absolute Gasteiger partial charge is 0.354 e. The van der Waals surface area contributed by atoms with Gasteiger partial charge in [-0.05, 0) is 49.1 Å². The van der Waals surface area contributed by atoms with E-state index in [0.717, 1.165) is 36.4 Å². The minimum atomic E-state index is -5.81. The van der Waals surface area contributed by atoms with Gasteiger partial charge in [0.25, 0.3) is 5.60 Å². The van der Waals surface area contributed by atoms with Gasteiger partial charge in [-0.15, -0.1) is 0 Å². The van der Waals surface area contributed by atoms with Crippen LogP contribution < -0.4 is 0 Å². The zero-order chi connectivity index (χ0) is 25.4. The zero-order valence-corrected chi connectivity index (χ0v) is 19.0. The number of hydrogen-bond donors (Lipinski definition) is 0. The molecule has 34 heavy (non-hydrogen) atoms. The molecular weight excluding hydrogens is 489 g/mol. The molecule has 11 heteroatoms. The van der Waals surface area contributed by atoms with Crippen LogP contribution in [-0.4, -0.2) is 27.4 Å². The van der Waals surface area contributed by atoms with Crippen LogP contribution in [0.25, 0.3) is 0 Å². The fraction of sp³-hybridized carbons (Fsp3) is 0.478. The van der Waals surface area contributed by atoms with Gasteiger partial charge in [0.2, 0.25) is 0 Å². The fourth-order valence-electron chi connectivity index (χ4n) is 4.50. The average molecular weight is 512 g/mol. The van der Waals surface area contributed by atoms with Crippen molar-refractivity contribution in [3.05, 3.63) is 65.5 Å². The van der Waals surface area contributed by atoms with Crippen LogP contribution in [0.5, 0.6) is 0 Å². The van der Waals surface area contributed by atoms with Gasteiger partial charge in [0.05, 0.1) is 4.90 Å². The molecule has 188 valence electrons. The first-order chi connectivity index (χ1) is 15.7. The van der Waals surface area contributed by atoms with Gasteiger partial charge in [0, 0.05) is 12.2 Å².